The average molecular weight is 278 g/mol. The van der Waals surface area contributed by atoms with Crippen molar-refractivity contribution in [1.29, 1.82) is 10.5 Å². The van der Waals surface area contributed by atoms with Crippen LogP contribution in [0.25, 0.3) is 0 Å². The van der Waals surface area contributed by atoms with Crippen LogP contribution in [-0.2, 0) is 0 Å². The molecule has 0 atom stereocenters. The molecule has 2 rings (SSSR count). The third-order valence-corrected chi connectivity index (χ3v) is 3.74. The van der Waals surface area contributed by atoms with Crippen molar-refractivity contribution in [2.45, 2.75) is 19.8 Å². The molecule has 1 N–H and O–H groups in total. The van der Waals surface area contributed by atoms with Gasteiger partial charge in [-0.1, -0.05) is 12.1 Å². The Morgan fingerprint density at radius 1 is 0.952 bits per heavy atom. The Labute approximate surface area is 125 Å². The molecule has 1 aliphatic rings. The summed E-state index contributed by atoms with van der Waals surface area (Å²) in [4.78, 5) is 2.02. The van der Waals surface area contributed by atoms with Gasteiger partial charge in [0.2, 0.25) is 0 Å². The highest BCUT2D eigenvalue weighted by Gasteiger charge is 2.29. The summed E-state index contributed by atoms with van der Waals surface area (Å²) >= 11 is 0. The molecule has 0 radical (unpaired) electrons. The minimum absolute atomic E-state index is 0.280. The third kappa shape index (κ3) is 2.61. The van der Waals surface area contributed by atoms with Gasteiger partial charge in [0.25, 0.3) is 0 Å². The van der Waals surface area contributed by atoms with Gasteiger partial charge in [-0.3, -0.25) is 0 Å². The fourth-order valence-electron chi connectivity index (χ4n) is 2.59. The lowest BCUT2D eigenvalue weighted by Gasteiger charge is -2.26. The van der Waals surface area contributed by atoms with Gasteiger partial charge in [-0.2, -0.15) is 10.5 Å². The third-order valence-electron chi connectivity index (χ3n) is 3.74. The molecule has 21 heavy (non-hydrogen) atoms. The molecule has 0 amide bonds. The molecule has 1 aromatic carbocycles. The number of allylic oxidation sites excluding steroid dienone is 4. The highest BCUT2D eigenvalue weighted by atomic mass is 15.1. The van der Waals surface area contributed by atoms with Crippen molar-refractivity contribution in [2.24, 2.45) is 0 Å². The zero-order valence-corrected chi connectivity index (χ0v) is 12.7. The van der Waals surface area contributed by atoms with E-state index in [1.54, 1.807) is 0 Å². The first kappa shape index (κ1) is 14.7. The molecular weight excluding hydrogens is 260 g/mol. The second kappa shape index (κ2) is 5.73. The quantitative estimate of drug-likeness (QED) is 0.903. The number of rotatable bonds is 2. The Balaban J connectivity index is 2.54. The van der Waals surface area contributed by atoms with Crippen LogP contribution in [0.1, 0.15) is 25.3 Å². The van der Waals surface area contributed by atoms with E-state index in [1.807, 2.05) is 57.1 Å². The van der Waals surface area contributed by atoms with Crippen LogP contribution >= 0.6 is 0 Å². The van der Waals surface area contributed by atoms with E-state index in [2.05, 4.69) is 17.5 Å². The van der Waals surface area contributed by atoms with E-state index in [0.29, 0.717) is 11.1 Å². The first-order chi connectivity index (χ1) is 9.99. The second-order valence-corrected chi connectivity index (χ2v) is 5.34. The molecule has 1 aromatic rings. The van der Waals surface area contributed by atoms with Gasteiger partial charge in [-0.25, -0.2) is 0 Å². The summed E-state index contributed by atoms with van der Waals surface area (Å²) < 4.78 is 0. The maximum Gasteiger partial charge on any atom is 0.0975 e. The standard InChI is InChI=1S/C17H18N4/c1-11-15(9-18)17(16(10-19)12(2)20-11)13-5-7-14(8-6-13)21(3)4/h5-8,17,20H,1-4H3. The van der Waals surface area contributed by atoms with Crippen LogP contribution in [0.3, 0.4) is 0 Å². The number of nitrogens with one attached hydrogen (secondary N) is 1. The normalized spacial score (nSPS) is 15.3. The molecule has 4 nitrogen and oxygen atoms in total. The van der Waals surface area contributed by atoms with E-state index in [4.69, 9.17) is 0 Å². The van der Waals surface area contributed by atoms with Gasteiger partial charge in [0.15, 0.2) is 0 Å². The van der Waals surface area contributed by atoms with Crippen molar-refractivity contribution in [3.8, 4) is 12.1 Å². The van der Waals surface area contributed by atoms with Crippen molar-refractivity contribution in [3.05, 3.63) is 52.4 Å². The number of hydrogen-bond donors (Lipinski definition) is 1. The molecule has 0 unspecified atom stereocenters. The summed E-state index contributed by atoms with van der Waals surface area (Å²) in [6, 6.07) is 12.5. The Bertz CT molecular complexity index is 658. The lowest BCUT2D eigenvalue weighted by molar-refractivity contribution is 0.814. The van der Waals surface area contributed by atoms with Gasteiger partial charge in [0, 0.05) is 31.2 Å². The summed E-state index contributed by atoms with van der Waals surface area (Å²) in [5.74, 6) is -0.280. The number of nitrogens with zero attached hydrogens (tertiary/aromatic N) is 3. The van der Waals surface area contributed by atoms with Crippen molar-refractivity contribution < 1.29 is 0 Å². The van der Waals surface area contributed by atoms with Gasteiger partial charge in [0.1, 0.15) is 0 Å². The van der Waals surface area contributed by atoms with Crippen LogP contribution < -0.4 is 10.2 Å². The van der Waals surface area contributed by atoms with Gasteiger partial charge >= 0.3 is 0 Å². The topological polar surface area (TPSA) is 62.9 Å². The summed E-state index contributed by atoms with van der Waals surface area (Å²) in [6.45, 7) is 3.74. The van der Waals surface area contributed by atoms with Crippen LogP contribution in [-0.4, -0.2) is 14.1 Å². The maximum absolute atomic E-state index is 9.45. The summed E-state index contributed by atoms with van der Waals surface area (Å²) in [5.41, 5.74) is 4.90. The molecule has 0 fully saturated rings. The molecule has 0 spiro atoms. The molecule has 0 saturated heterocycles. The highest BCUT2D eigenvalue weighted by molar-refractivity contribution is 5.57. The highest BCUT2D eigenvalue weighted by Crippen LogP contribution is 2.37. The van der Waals surface area contributed by atoms with Crippen molar-refractivity contribution >= 4 is 5.69 Å². The predicted octanol–water partition coefficient (Wildman–Crippen LogP) is 3.03. The number of nitriles is 2. The summed E-state index contributed by atoms with van der Waals surface area (Å²) in [5, 5.41) is 22.0. The van der Waals surface area contributed by atoms with Gasteiger partial charge in [-0.15, -0.1) is 0 Å². The molecule has 106 valence electrons. The first-order valence-corrected chi connectivity index (χ1v) is 6.75. The van der Waals surface area contributed by atoms with E-state index in [1.165, 1.54) is 0 Å². The average Bonchev–Trinajstić information content (AvgIpc) is 2.46. The predicted molar refractivity (Wildman–Crippen MR) is 83.3 cm³/mol. The van der Waals surface area contributed by atoms with Crippen molar-refractivity contribution in [2.75, 3.05) is 19.0 Å². The number of hydrogen-bond acceptors (Lipinski definition) is 4. The Morgan fingerprint density at radius 3 is 1.81 bits per heavy atom. The molecule has 0 saturated carbocycles. The number of benzene rings is 1. The smallest absolute Gasteiger partial charge is 0.0975 e. The van der Waals surface area contributed by atoms with E-state index in [-0.39, 0.29) is 5.92 Å². The fourth-order valence-corrected chi connectivity index (χ4v) is 2.59. The summed E-state index contributed by atoms with van der Waals surface area (Å²) in [6.07, 6.45) is 0. The monoisotopic (exact) mass is 278 g/mol. The van der Waals surface area contributed by atoms with E-state index >= 15 is 0 Å². The van der Waals surface area contributed by atoms with Gasteiger partial charge in [0.05, 0.1) is 29.2 Å². The van der Waals surface area contributed by atoms with Crippen LogP contribution in [0.2, 0.25) is 0 Å². The van der Waals surface area contributed by atoms with E-state index < -0.39 is 0 Å². The number of dihydropyridines is 1. The zero-order chi connectivity index (χ0) is 15.6. The Kier molecular flexibility index (Phi) is 4.00. The SMILES string of the molecule is CC1=C(C#N)C(c2ccc(N(C)C)cc2)C(C#N)=C(C)N1. The molecule has 0 aromatic heterocycles. The number of anilines is 1. The van der Waals surface area contributed by atoms with E-state index in [9.17, 15) is 10.5 Å². The Morgan fingerprint density at radius 2 is 1.43 bits per heavy atom. The van der Waals surface area contributed by atoms with Crippen LogP contribution in [0.4, 0.5) is 5.69 Å². The van der Waals surface area contributed by atoms with Crippen molar-refractivity contribution in [1.82, 2.24) is 5.32 Å². The Hall–Kier alpha value is -2.72. The molecule has 1 aliphatic heterocycles. The lowest BCUT2D eigenvalue weighted by Crippen LogP contribution is -2.23. The first-order valence-electron chi connectivity index (χ1n) is 6.75. The lowest BCUT2D eigenvalue weighted by atomic mass is 9.81. The largest absolute Gasteiger partial charge is 0.378 e. The van der Waals surface area contributed by atoms with Crippen LogP contribution in [0, 0.1) is 22.7 Å². The van der Waals surface area contributed by atoms with Gasteiger partial charge in [-0.05, 0) is 31.5 Å². The molecule has 1 heterocycles. The van der Waals surface area contributed by atoms with Crippen LogP contribution in [0.15, 0.2) is 46.8 Å². The fraction of sp³-hybridized carbons (Fsp3) is 0.294. The molecule has 0 bridgehead atoms. The maximum atomic E-state index is 9.45. The minimum atomic E-state index is -0.280. The van der Waals surface area contributed by atoms with Crippen molar-refractivity contribution in [3.63, 3.8) is 0 Å². The summed E-state index contributed by atoms with van der Waals surface area (Å²) in [7, 11) is 3.96. The van der Waals surface area contributed by atoms with E-state index in [0.717, 1.165) is 22.6 Å². The molecule has 4 heteroatoms. The molecule has 0 aliphatic carbocycles. The minimum Gasteiger partial charge on any atom is -0.378 e. The molecular formula is C17H18N4. The van der Waals surface area contributed by atoms with Crippen LogP contribution in [0.5, 0.6) is 0 Å². The zero-order valence-electron chi connectivity index (χ0n) is 12.7. The second-order valence-electron chi connectivity index (χ2n) is 5.34. The van der Waals surface area contributed by atoms with Gasteiger partial charge < -0.3 is 10.2 Å².